The standard InChI is InChI=1S/C29H32ClF3N4O3/c1-17(29(31,32)33)26(19-7-10-21(11-8-19)37-34-13-14-35-37)27(39)36-24-15-20(9-12-23(24)30)22(18-5-6-18)16-25(38)40-28(2,3)4/h7-15,17-18,22,26H,5-6,16H2,1-4H3,(H,36,39)/t17-,22+,26+/m1/s1. The minimum absolute atomic E-state index is 0.155. The Balaban J connectivity index is 1.60. The van der Waals surface area contributed by atoms with E-state index in [1.165, 1.54) is 29.3 Å². The molecule has 2 aromatic carbocycles. The molecule has 0 unspecified atom stereocenters. The molecule has 1 aromatic heterocycles. The van der Waals surface area contributed by atoms with Crippen LogP contribution in [-0.4, -0.2) is 38.6 Å². The van der Waals surface area contributed by atoms with Crippen molar-refractivity contribution in [2.45, 2.75) is 70.6 Å². The molecule has 1 N–H and O–H groups in total. The molecule has 0 bridgehead atoms. The van der Waals surface area contributed by atoms with Crippen molar-refractivity contribution < 1.29 is 27.5 Å². The van der Waals surface area contributed by atoms with Crippen molar-refractivity contribution in [1.29, 1.82) is 0 Å². The van der Waals surface area contributed by atoms with Crippen molar-refractivity contribution >= 4 is 29.2 Å². The largest absolute Gasteiger partial charge is 0.460 e. The minimum Gasteiger partial charge on any atom is -0.460 e. The van der Waals surface area contributed by atoms with Gasteiger partial charge in [0.05, 0.1) is 47.0 Å². The molecule has 1 aliphatic carbocycles. The van der Waals surface area contributed by atoms with Gasteiger partial charge in [-0.1, -0.05) is 36.7 Å². The first kappa shape index (κ1) is 29.6. The summed E-state index contributed by atoms with van der Waals surface area (Å²) in [5.41, 5.74) is 1.06. The molecule has 0 spiro atoms. The number of amides is 1. The minimum atomic E-state index is -4.62. The second-order valence-electron chi connectivity index (χ2n) is 11.2. The van der Waals surface area contributed by atoms with Gasteiger partial charge in [0, 0.05) is 0 Å². The Morgan fingerprint density at radius 1 is 1.05 bits per heavy atom. The lowest BCUT2D eigenvalue weighted by atomic mass is 9.85. The van der Waals surface area contributed by atoms with Crippen molar-refractivity contribution in [1.82, 2.24) is 15.0 Å². The number of ether oxygens (including phenoxy) is 1. The van der Waals surface area contributed by atoms with E-state index < -0.39 is 29.5 Å². The zero-order valence-electron chi connectivity index (χ0n) is 22.7. The molecule has 214 valence electrons. The van der Waals surface area contributed by atoms with Gasteiger partial charge in [-0.15, -0.1) is 0 Å². The molecule has 3 atom stereocenters. The van der Waals surface area contributed by atoms with Gasteiger partial charge in [-0.25, -0.2) is 0 Å². The summed E-state index contributed by atoms with van der Waals surface area (Å²) >= 11 is 6.39. The second-order valence-corrected chi connectivity index (χ2v) is 11.6. The van der Waals surface area contributed by atoms with E-state index in [0.29, 0.717) is 5.69 Å². The number of halogens is 4. The topological polar surface area (TPSA) is 86.1 Å². The van der Waals surface area contributed by atoms with Crippen LogP contribution >= 0.6 is 11.6 Å². The normalized spacial score (nSPS) is 16.2. The average Bonchev–Trinajstić information content (AvgIpc) is 3.55. The monoisotopic (exact) mass is 576 g/mol. The number of benzene rings is 2. The van der Waals surface area contributed by atoms with Crippen LogP contribution < -0.4 is 5.32 Å². The van der Waals surface area contributed by atoms with Crippen molar-refractivity contribution in [2.24, 2.45) is 11.8 Å². The quantitative estimate of drug-likeness (QED) is 0.275. The molecule has 4 rings (SSSR count). The highest BCUT2D eigenvalue weighted by atomic mass is 35.5. The summed E-state index contributed by atoms with van der Waals surface area (Å²) in [5.74, 6) is -4.58. The highest BCUT2D eigenvalue weighted by Crippen LogP contribution is 2.46. The van der Waals surface area contributed by atoms with Crippen molar-refractivity contribution in [3.05, 3.63) is 71.0 Å². The van der Waals surface area contributed by atoms with E-state index in [0.717, 1.165) is 25.3 Å². The Kier molecular flexibility index (Phi) is 8.58. The molecular weight excluding hydrogens is 545 g/mol. The highest BCUT2D eigenvalue weighted by Gasteiger charge is 2.45. The SMILES string of the molecule is C[C@H]([C@H](C(=O)Nc1cc([C@@H](CC(=O)OC(C)(C)C)C2CC2)ccc1Cl)c1ccc(-n2nccn2)cc1)C(F)(F)F. The summed E-state index contributed by atoms with van der Waals surface area (Å²) in [6, 6.07) is 11.1. The van der Waals surface area contributed by atoms with Crippen LogP contribution in [0.3, 0.4) is 0 Å². The summed E-state index contributed by atoms with van der Waals surface area (Å²) in [4.78, 5) is 27.4. The third kappa shape index (κ3) is 7.41. The molecule has 1 fully saturated rings. The number of rotatable bonds is 9. The number of nitrogens with one attached hydrogen (secondary N) is 1. The first-order valence-electron chi connectivity index (χ1n) is 13.1. The Bertz CT molecular complexity index is 1330. The van der Waals surface area contributed by atoms with Crippen molar-refractivity contribution in [3.8, 4) is 5.69 Å². The molecule has 1 heterocycles. The molecule has 7 nitrogen and oxygen atoms in total. The zero-order valence-corrected chi connectivity index (χ0v) is 23.5. The van der Waals surface area contributed by atoms with E-state index in [1.54, 1.807) is 51.1 Å². The predicted octanol–water partition coefficient (Wildman–Crippen LogP) is 7.07. The summed E-state index contributed by atoms with van der Waals surface area (Å²) in [7, 11) is 0. The summed E-state index contributed by atoms with van der Waals surface area (Å²) in [6.45, 7) is 6.38. The van der Waals surface area contributed by atoms with E-state index in [9.17, 15) is 22.8 Å². The van der Waals surface area contributed by atoms with E-state index in [4.69, 9.17) is 16.3 Å². The van der Waals surface area contributed by atoms with E-state index in [-0.39, 0.29) is 40.5 Å². The van der Waals surface area contributed by atoms with Gasteiger partial charge in [0.25, 0.3) is 0 Å². The number of esters is 1. The number of hydrogen-bond acceptors (Lipinski definition) is 5. The molecular formula is C29H32ClF3N4O3. The molecule has 3 aromatic rings. The maximum atomic E-state index is 13.9. The molecule has 40 heavy (non-hydrogen) atoms. The van der Waals surface area contributed by atoms with Gasteiger partial charge in [0.2, 0.25) is 5.91 Å². The van der Waals surface area contributed by atoms with Crippen molar-refractivity contribution in [3.63, 3.8) is 0 Å². The fraction of sp³-hybridized carbons (Fsp3) is 0.448. The van der Waals surface area contributed by atoms with Crippen LogP contribution in [0.5, 0.6) is 0 Å². The van der Waals surface area contributed by atoms with Crippen molar-refractivity contribution in [2.75, 3.05) is 5.32 Å². The maximum absolute atomic E-state index is 13.9. The smallest absolute Gasteiger partial charge is 0.392 e. The fourth-order valence-electron chi connectivity index (χ4n) is 4.72. The lowest BCUT2D eigenvalue weighted by molar-refractivity contribution is -0.178. The lowest BCUT2D eigenvalue weighted by Gasteiger charge is -2.26. The Morgan fingerprint density at radius 2 is 1.65 bits per heavy atom. The molecule has 0 radical (unpaired) electrons. The van der Waals surface area contributed by atoms with Crippen LogP contribution in [0.1, 0.15) is 69.9 Å². The average molecular weight is 577 g/mol. The molecule has 1 amide bonds. The zero-order chi connectivity index (χ0) is 29.2. The Morgan fingerprint density at radius 3 is 2.20 bits per heavy atom. The fourth-order valence-corrected chi connectivity index (χ4v) is 4.88. The first-order valence-corrected chi connectivity index (χ1v) is 13.5. The summed E-state index contributed by atoms with van der Waals surface area (Å²) < 4.78 is 47.2. The summed E-state index contributed by atoms with van der Waals surface area (Å²) in [6.07, 6.45) is 0.395. The van der Waals surface area contributed by atoms with Gasteiger partial charge in [-0.05, 0) is 80.8 Å². The van der Waals surface area contributed by atoms with Crippen LogP contribution in [0.2, 0.25) is 5.02 Å². The van der Waals surface area contributed by atoms with E-state index in [2.05, 4.69) is 15.5 Å². The number of carbonyl (C=O) groups is 2. The van der Waals surface area contributed by atoms with Crippen LogP contribution in [-0.2, 0) is 14.3 Å². The first-order chi connectivity index (χ1) is 18.7. The van der Waals surface area contributed by atoms with Gasteiger partial charge in [-0.2, -0.15) is 28.2 Å². The number of hydrogen-bond donors (Lipinski definition) is 1. The number of alkyl halides is 3. The van der Waals surface area contributed by atoms with Crippen LogP contribution in [0, 0.1) is 11.8 Å². The number of anilines is 1. The Hall–Kier alpha value is -3.40. The van der Waals surface area contributed by atoms with Gasteiger partial charge in [0.15, 0.2) is 0 Å². The maximum Gasteiger partial charge on any atom is 0.392 e. The van der Waals surface area contributed by atoms with Gasteiger partial charge in [-0.3, -0.25) is 9.59 Å². The van der Waals surface area contributed by atoms with Gasteiger partial charge in [0.1, 0.15) is 5.60 Å². The third-order valence-electron chi connectivity index (χ3n) is 6.87. The lowest BCUT2D eigenvalue weighted by Crippen LogP contribution is -2.34. The predicted molar refractivity (Wildman–Crippen MR) is 145 cm³/mol. The van der Waals surface area contributed by atoms with E-state index >= 15 is 0 Å². The van der Waals surface area contributed by atoms with Crippen LogP contribution in [0.4, 0.5) is 18.9 Å². The van der Waals surface area contributed by atoms with Crippen LogP contribution in [0.15, 0.2) is 54.9 Å². The third-order valence-corrected chi connectivity index (χ3v) is 7.20. The number of aromatic nitrogens is 3. The Labute approximate surface area is 236 Å². The summed E-state index contributed by atoms with van der Waals surface area (Å²) in [5, 5.41) is 10.8. The van der Waals surface area contributed by atoms with Gasteiger partial charge < -0.3 is 10.1 Å². The molecule has 0 aliphatic heterocycles. The van der Waals surface area contributed by atoms with E-state index in [1.807, 2.05) is 0 Å². The van der Waals surface area contributed by atoms with Crippen LogP contribution in [0.25, 0.3) is 5.69 Å². The molecule has 11 heteroatoms. The second kappa shape index (κ2) is 11.6. The number of carbonyl (C=O) groups excluding carboxylic acids is 2. The molecule has 1 saturated carbocycles. The molecule has 0 saturated heterocycles. The van der Waals surface area contributed by atoms with Gasteiger partial charge >= 0.3 is 12.1 Å². The highest BCUT2D eigenvalue weighted by molar-refractivity contribution is 6.33. The number of nitrogens with zero attached hydrogens (tertiary/aromatic N) is 3. The molecule has 1 aliphatic rings.